The third kappa shape index (κ3) is 4.59. The predicted octanol–water partition coefficient (Wildman–Crippen LogP) is 4.68. The minimum absolute atomic E-state index is 0.217. The minimum atomic E-state index is -0.217. The lowest BCUT2D eigenvalue weighted by molar-refractivity contribution is -0.139. The summed E-state index contributed by atoms with van der Waals surface area (Å²) in [5.41, 5.74) is 1.13. The van der Waals surface area contributed by atoms with E-state index >= 15 is 0 Å². The van der Waals surface area contributed by atoms with Gasteiger partial charge in [0.15, 0.2) is 0 Å². The number of unbranched alkanes of at least 4 members (excludes halogenated alkanes) is 1. The second kappa shape index (κ2) is 7.63. The Labute approximate surface area is 129 Å². The summed E-state index contributed by atoms with van der Waals surface area (Å²) in [6.45, 7) is 7.18. The Morgan fingerprint density at radius 3 is 2.86 bits per heavy atom. The van der Waals surface area contributed by atoms with E-state index in [0.29, 0.717) is 18.4 Å². The monoisotopic (exact) mass is 288 g/mol. The maximum atomic E-state index is 11.8. The molecule has 0 amide bonds. The van der Waals surface area contributed by atoms with Crippen molar-refractivity contribution in [2.24, 2.45) is 23.7 Å². The average Bonchev–Trinajstić information content (AvgIpc) is 3.15. The van der Waals surface area contributed by atoms with Crippen LogP contribution in [0, 0.1) is 23.7 Å². The van der Waals surface area contributed by atoms with E-state index in [1.165, 1.54) is 12.8 Å². The molecule has 0 aromatic carbocycles. The van der Waals surface area contributed by atoms with Gasteiger partial charge in [-0.25, -0.2) is 4.79 Å². The summed E-state index contributed by atoms with van der Waals surface area (Å²) in [4.78, 5) is 11.8. The largest absolute Gasteiger partial charge is 0.462 e. The van der Waals surface area contributed by atoms with Crippen molar-refractivity contribution < 1.29 is 9.53 Å². The molecule has 2 aliphatic rings. The van der Waals surface area contributed by atoms with Crippen LogP contribution in [0.5, 0.6) is 0 Å². The average molecular weight is 288 g/mol. The molecule has 4 atom stereocenters. The highest BCUT2D eigenvalue weighted by Crippen LogP contribution is 2.50. The fourth-order valence-corrected chi connectivity index (χ4v) is 3.01. The molecule has 2 nitrogen and oxygen atoms in total. The Morgan fingerprint density at radius 1 is 1.38 bits per heavy atom. The van der Waals surface area contributed by atoms with Gasteiger partial charge >= 0.3 is 5.97 Å². The number of rotatable bonds is 8. The Balaban J connectivity index is 1.73. The number of esters is 1. The summed E-state index contributed by atoms with van der Waals surface area (Å²) in [5.74, 6) is 2.47. The van der Waals surface area contributed by atoms with Crippen molar-refractivity contribution in [2.75, 3.05) is 6.61 Å². The molecule has 0 bridgehead atoms. The Bertz CT molecular complexity index is 444. The van der Waals surface area contributed by atoms with Crippen molar-refractivity contribution in [1.82, 2.24) is 0 Å². The zero-order valence-electron chi connectivity index (χ0n) is 13.5. The molecule has 2 rings (SSSR count). The quantitative estimate of drug-likeness (QED) is 0.479. The van der Waals surface area contributed by atoms with E-state index in [9.17, 15) is 4.79 Å². The second-order valence-electron chi connectivity index (χ2n) is 6.42. The highest BCUT2D eigenvalue weighted by molar-refractivity contribution is 5.82. The van der Waals surface area contributed by atoms with E-state index in [0.717, 1.165) is 30.3 Å². The van der Waals surface area contributed by atoms with Crippen LogP contribution < -0.4 is 0 Å². The van der Waals surface area contributed by atoms with E-state index in [-0.39, 0.29) is 5.97 Å². The Kier molecular flexibility index (Phi) is 5.84. The van der Waals surface area contributed by atoms with Crippen molar-refractivity contribution in [1.29, 1.82) is 0 Å². The molecule has 0 aliphatic heterocycles. The van der Waals surface area contributed by atoms with Crippen LogP contribution in [-0.2, 0) is 9.53 Å². The van der Waals surface area contributed by atoms with E-state index in [1.54, 1.807) is 6.08 Å². The lowest BCUT2D eigenvalue weighted by atomic mass is 10.0. The summed E-state index contributed by atoms with van der Waals surface area (Å²) in [5, 5.41) is 0. The van der Waals surface area contributed by atoms with Gasteiger partial charge < -0.3 is 4.74 Å². The molecule has 0 heterocycles. The molecule has 0 aromatic heterocycles. The topological polar surface area (TPSA) is 26.3 Å². The third-order valence-corrected chi connectivity index (χ3v) is 4.83. The summed E-state index contributed by atoms with van der Waals surface area (Å²) in [6, 6.07) is 0. The van der Waals surface area contributed by atoms with Gasteiger partial charge in [-0.2, -0.15) is 0 Å². The molecule has 0 N–H and O–H groups in total. The van der Waals surface area contributed by atoms with Gasteiger partial charge in [0.1, 0.15) is 0 Å². The lowest BCUT2D eigenvalue weighted by Crippen LogP contribution is -2.12. The first-order valence-corrected chi connectivity index (χ1v) is 8.40. The molecule has 0 spiro atoms. The minimum Gasteiger partial charge on any atom is -0.462 e. The highest BCUT2D eigenvalue weighted by atomic mass is 16.5. The van der Waals surface area contributed by atoms with Crippen LogP contribution in [0.4, 0.5) is 0 Å². The zero-order chi connectivity index (χ0) is 15.2. The maximum Gasteiger partial charge on any atom is 0.330 e. The normalized spacial score (nSPS) is 28.1. The van der Waals surface area contributed by atoms with Gasteiger partial charge in [-0.15, -0.1) is 0 Å². The van der Waals surface area contributed by atoms with Crippen molar-refractivity contribution in [2.45, 2.75) is 46.5 Å². The SMILES string of the molecule is CCCCC(CC)COC(=O)/C=C/C1=CC2C(C)C2C=C1. The number of hydrogen-bond acceptors (Lipinski definition) is 2. The van der Waals surface area contributed by atoms with Crippen molar-refractivity contribution in [3.8, 4) is 0 Å². The first kappa shape index (κ1) is 16.1. The molecule has 21 heavy (non-hydrogen) atoms. The number of hydrogen-bond donors (Lipinski definition) is 0. The van der Waals surface area contributed by atoms with Crippen LogP contribution in [0.1, 0.15) is 46.5 Å². The van der Waals surface area contributed by atoms with Gasteiger partial charge in [0.25, 0.3) is 0 Å². The molecule has 2 heteroatoms. The van der Waals surface area contributed by atoms with Gasteiger partial charge in [0, 0.05) is 6.08 Å². The number of carbonyl (C=O) groups is 1. The van der Waals surface area contributed by atoms with E-state index in [4.69, 9.17) is 4.74 Å². The van der Waals surface area contributed by atoms with Crippen LogP contribution in [0.15, 0.2) is 36.0 Å². The van der Waals surface area contributed by atoms with Crippen LogP contribution in [-0.4, -0.2) is 12.6 Å². The maximum absolute atomic E-state index is 11.8. The van der Waals surface area contributed by atoms with Gasteiger partial charge in [-0.1, -0.05) is 58.3 Å². The third-order valence-electron chi connectivity index (χ3n) is 4.83. The predicted molar refractivity (Wildman–Crippen MR) is 86.8 cm³/mol. The van der Waals surface area contributed by atoms with Crippen LogP contribution in [0.25, 0.3) is 0 Å². The summed E-state index contributed by atoms with van der Waals surface area (Å²) < 4.78 is 5.36. The lowest BCUT2D eigenvalue weighted by Gasteiger charge is -2.13. The summed E-state index contributed by atoms with van der Waals surface area (Å²) in [7, 11) is 0. The summed E-state index contributed by atoms with van der Waals surface area (Å²) >= 11 is 0. The standard InChI is InChI=1S/C19H28O2/c1-4-6-7-15(5-2)13-21-19(20)11-9-16-8-10-17-14(3)18(17)12-16/h8-12,14-15,17-18H,4-7,13H2,1-3H3/b11-9+. The molecule has 1 saturated carbocycles. The van der Waals surface area contributed by atoms with Gasteiger partial charge in [0.2, 0.25) is 0 Å². The fraction of sp³-hybridized carbons (Fsp3) is 0.632. The first-order chi connectivity index (χ1) is 10.2. The van der Waals surface area contributed by atoms with E-state index in [2.05, 4.69) is 39.0 Å². The van der Waals surface area contributed by atoms with Crippen molar-refractivity contribution in [3.05, 3.63) is 36.0 Å². The molecular formula is C19H28O2. The second-order valence-corrected chi connectivity index (χ2v) is 6.42. The summed E-state index contributed by atoms with van der Waals surface area (Å²) in [6.07, 6.45) is 14.7. The molecule has 0 aromatic rings. The number of carbonyl (C=O) groups excluding carboxylic acids is 1. The first-order valence-electron chi connectivity index (χ1n) is 8.40. The van der Waals surface area contributed by atoms with Crippen molar-refractivity contribution in [3.63, 3.8) is 0 Å². The van der Waals surface area contributed by atoms with E-state index < -0.39 is 0 Å². The Hall–Kier alpha value is -1.31. The molecule has 1 fully saturated rings. The molecular weight excluding hydrogens is 260 g/mol. The van der Waals surface area contributed by atoms with Gasteiger partial charge in [0.05, 0.1) is 6.61 Å². The molecule has 116 valence electrons. The van der Waals surface area contributed by atoms with Gasteiger partial charge in [-0.3, -0.25) is 0 Å². The zero-order valence-corrected chi connectivity index (χ0v) is 13.5. The van der Waals surface area contributed by atoms with Crippen LogP contribution >= 0.6 is 0 Å². The molecule has 0 radical (unpaired) electrons. The van der Waals surface area contributed by atoms with Crippen LogP contribution in [0.3, 0.4) is 0 Å². The smallest absolute Gasteiger partial charge is 0.330 e. The van der Waals surface area contributed by atoms with E-state index in [1.807, 2.05) is 6.08 Å². The highest BCUT2D eigenvalue weighted by Gasteiger charge is 2.44. The number of ether oxygens (including phenoxy) is 1. The fourth-order valence-electron chi connectivity index (χ4n) is 3.01. The molecule has 4 unspecified atom stereocenters. The Morgan fingerprint density at radius 2 is 2.19 bits per heavy atom. The van der Waals surface area contributed by atoms with Gasteiger partial charge in [-0.05, 0) is 41.7 Å². The van der Waals surface area contributed by atoms with Crippen LogP contribution in [0.2, 0.25) is 0 Å². The number of allylic oxidation sites excluding steroid dienone is 5. The van der Waals surface area contributed by atoms with Crippen molar-refractivity contribution >= 4 is 5.97 Å². The molecule has 2 aliphatic carbocycles. The number of fused-ring (bicyclic) bond motifs is 1. The molecule has 0 saturated heterocycles.